The molecule has 0 unspecified atom stereocenters. The van der Waals surface area contributed by atoms with Crippen molar-refractivity contribution < 1.29 is 9.90 Å². The third kappa shape index (κ3) is 4.62. The SMILES string of the molecule is CC(=O)C(CSC(=S)N(C)C)=C(C)O. The van der Waals surface area contributed by atoms with E-state index in [0.29, 0.717) is 15.6 Å². The Balaban J connectivity index is 4.31. The van der Waals surface area contributed by atoms with Crippen molar-refractivity contribution in [1.29, 1.82) is 0 Å². The molecule has 0 saturated heterocycles. The summed E-state index contributed by atoms with van der Waals surface area (Å²) in [5.41, 5.74) is 0.430. The van der Waals surface area contributed by atoms with Gasteiger partial charge in [0.15, 0.2) is 5.78 Å². The monoisotopic (exact) mass is 233 g/mol. The molecule has 0 aromatic rings. The molecular weight excluding hydrogens is 218 g/mol. The highest BCUT2D eigenvalue weighted by atomic mass is 32.2. The number of thiocarbonyl (C=S) groups is 1. The van der Waals surface area contributed by atoms with Crippen LogP contribution in [-0.2, 0) is 4.79 Å². The predicted octanol–water partition coefficient (Wildman–Crippen LogP) is 1.99. The molecule has 80 valence electrons. The molecule has 0 fully saturated rings. The molecule has 0 rings (SSSR count). The second-order valence-electron chi connectivity index (χ2n) is 3.07. The molecule has 0 saturated carbocycles. The molecule has 0 bridgehead atoms. The molecule has 0 aliphatic carbocycles. The van der Waals surface area contributed by atoms with Crippen LogP contribution in [0.4, 0.5) is 0 Å². The highest BCUT2D eigenvalue weighted by Gasteiger charge is 2.10. The number of nitrogens with zero attached hydrogens (tertiary/aromatic N) is 1. The fourth-order valence-electron chi connectivity index (χ4n) is 0.724. The first-order valence-corrected chi connectivity index (χ1v) is 5.49. The Labute approximate surface area is 94.2 Å². The van der Waals surface area contributed by atoms with Crippen LogP contribution in [0.15, 0.2) is 11.3 Å². The van der Waals surface area contributed by atoms with Crippen LogP contribution in [0, 0.1) is 0 Å². The zero-order chi connectivity index (χ0) is 11.3. The number of thioether (sulfide) groups is 1. The van der Waals surface area contributed by atoms with E-state index >= 15 is 0 Å². The van der Waals surface area contributed by atoms with Crippen LogP contribution in [0.1, 0.15) is 13.8 Å². The number of rotatable bonds is 3. The molecule has 3 nitrogen and oxygen atoms in total. The summed E-state index contributed by atoms with van der Waals surface area (Å²) in [6, 6.07) is 0. The van der Waals surface area contributed by atoms with Crippen LogP contribution in [0.5, 0.6) is 0 Å². The number of hydrogen-bond acceptors (Lipinski definition) is 4. The predicted molar refractivity (Wildman–Crippen MR) is 64.8 cm³/mol. The third-order valence-electron chi connectivity index (χ3n) is 1.57. The summed E-state index contributed by atoms with van der Waals surface area (Å²) < 4.78 is 0.699. The van der Waals surface area contributed by atoms with Crippen LogP contribution in [0.3, 0.4) is 0 Å². The molecule has 0 radical (unpaired) electrons. The number of hydrogen-bond donors (Lipinski definition) is 1. The van der Waals surface area contributed by atoms with Crippen LogP contribution in [0.25, 0.3) is 0 Å². The van der Waals surface area contributed by atoms with E-state index in [-0.39, 0.29) is 11.5 Å². The molecular formula is C9H15NO2S2. The van der Waals surface area contributed by atoms with Gasteiger partial charge in [0, 0.05) is 25.4 Å². The first kappa shape index (κ1) is 13.4. The van der Waals surface area contributed by atoms with Crippen LogP contribution in [0.2, 0.25) is 0 Å². The molecule has 14 heavy (non-hydrogen) atoms. The van der Waals surface area contributed by atoms with E-state index < -0.39 is 0 Å². The summed E-state index contributed by atoms with van der Waals surface area (Å²) in [6.45, 7) is 2.95. The van der Waals surface area contributed by atoms with Crippen molar-refractivity contribution in [2.24, 2.45) is 0 Å². The zero-order valence-corrected chi connectivity index (χ0v) is 10.5. The Bertz CT molecular complexity index is 268. The maximum Gasteiger partial charge on any atom is 0.159 e. The van der Waals surface area contributed by atoms with Crippen LogP contribution >= 0.6 is 24.0 Å². The fraction of sp³-hybridized carbons (Fsp3) is 0.556. The Morgan fingerprint density at radius 3 is 2.21 bits per heavy atom. The molecule has 0 heterocycles. The summed E-state index contributed by atoms with van der Waals surface area (Å²) in [7, 11) is 3.69. The third-order valence-corrected chi connectivity index (χ3v) is 3.33. The maximum atomic E-state index is 11.1. The van der Waals surface area contributed by atoms with Crippen molar-refractivity contribution in [1.82, 2.24) is 4.90 Å². The average molecular weight is 233 g/mol. The lowest BCUT2D eigenvalue weighted by Crippen LogP contribution is -2.17. The summed E-state index contributed by atoms with van der Waals surface area (Å²) in [6.07, 6.45) is 0. The number of Topliss-reactive ketones (excluding diaryl/α,β-unsaturated/α-hetero) is 1. The quantitative estimate of drug-likeness (QED) is 0.458. The lowest BCUT2D eigenvalue weighted by atomic mass is 10.2. The van der Waals surface area contributed by atoms with Gasteiger partial charge in [0.1, 0.15) is 4.32 Å². The van der Waals surface area contributed by atoms with Gasteiger partial charge in [0.05, 0.1) is 5.76 Å². The van der Waals surface area contributed by atoms with Gasteiger partial charge < -0.3 is 10.0 Å². The molecule has 0 aromatic carbocycles. The Hall–Kier alpha value is -0.550. The van der Waals surface area contributed by atoms with Gasteiger partial charge in [-0.25, -0.2) is 0 Å². The molecule has 0 spiro atoms. The Morgan fingerprint density at radius 1 is 1.43 bits per heavy atom. The number of carbonyl (C=O) groups excluding carboxylic acids is 1. The number of allylic oxidation sites excluding steroid dienone is 1. The van der Waals surface area contributed by atoms with Gasteiger partial charge in [-0.1, -0.05) is 24.0 Å². The van der Waals surface area contributed by atoms with Gasteiger partial charge in [-0.15, -0.1) is 0 Å². The van der Waals surface area contributed by atoms with E-state index in [1.807, 2.05) is 14.1 Å². The Kier molecular flexibility index (Phi) is 5.79. The first-order chi connectivity index (χ1) is 6.36. The smallest absolute Gasteiger partial charge is 0.159 e. The van der Waals surface area contributed by atoms with E-state index in [1.165, 1.54) is 25.6 Å². The molecule has 0 atom stereocenters. The van der Waals surface area contributed by atoms with Crippen LogP contribution in [-0.4, -0.2) is 40.0 Å². The second-order valence-corrected chi connectivity index (χ2v) is 4.68. The van der Waals surface area contributed by atoms with Gasteiger partial charge in [0.2, 0.25) is 0 Å². The lowest BCUT2D eigenvalue weighted by Gasteiger charge is -2.13. The summed E-state index contributed by atoms with van der Waals surface area (Å²) in [4.78, 5) is 12.9. The number of ketones is 1. The van der Waals surface area contributed by atoms with E-state index in [2.05, 4.69) is 0 Å². The minimum absolute atomic E-state index is 0.0755. The van der Waals surface area contributed by atoms with Gasteiger partial charge in [-0.05, 0) is 13.8 Å². The van der Waals surface area contributed by atoms with E-state index in [9.17, 15) is 9.90 Å². The van der Waals surface area contributed by atoms with Gasteiger partial charge in [-0.2, -0.15) is 0 Å². The minimum Gasteiger partial charge on any atom is -0.512 e. The van der Waals surface area contributed by atoms with Gasteiger partial charge in [0.25, 0.3) is 0 Å². The second kappa shape index (κ2) is 6.03. The van der Waals surface area contributed by atoms with Crippen molar-refractivity contribution in [3.63, 3.8) is 0 Å². The number of aliphatic hydroxyl groups excluding tert-OH is 1. The Morgan fingerprint density at radius 2 is 1.93 bits per heavy atom. The average Bonchev–Trinajstić information content (AvgIpc) is 2.02. The van der Waals surface area contributed by atoms with Crippen molar-refractivity contribution in [3.8, 4) is 0 Å². The zero-order valence-electron chi connectivity index (χ0n) is 8.83. The molecule has 0 amide bonds. The summed E-state index contributed by atoms with van der Waals surface area (Å²) >= 11 is 6.41. The van der Waals surface area contributed by atoms with E-state index in [0.717, 1.165) is 0 Å². The normalized spacial score (nSPS) is 12.0. The number of carbonyl (C=O) groups is 1. The van der Waals surface area contributed by atoms with Gasteiger partial charge >= 0.3 is 0 Å². The maximum absolute atomic E-state index is 11.1. The molecule has 0 aliphatic heterocycles. The van der Waals surface area contributed by atoms with Crippen LogP contribution < -0.4 is 0 Å². The van der Waals surface area contributed by atoms with Crippen molar-refractivity contribution in [3.05, 3.63) is 11.3 Å². The molecule has 1 N–H and O–H groups in total. The molecule has 5 heteroatoms. The van der Waals surface area contributed by atoms with Crippen molar-refractivity contribution >= 4 is 34.1 Å². The number of aliphatic hydroxyl groups is 1. The van der Waals surface area contributed by atoms with E-state index in [4.69, 9.17) is 12.2 Å². The fourth-order valence-corrected chi connectivity index (χ4v) is 1.84. The van der Waals surface area contributed by atoms with Crippen molar-refractivity contribution in [2.75, 3.05) is 19.8 Å². The molecule has 0 aromatic heterocycles. The topological polar surface area (TPSA) is 40.5 Å². The highest BCUT2D eigenvalue weighted by Crippen LogP contribution is 2.14. The minimum atomic E-state index is -0.112. The highest BCUT2D eigenvalue weighted by molar-refractivity contribution is 8.23. The standard InChI is InChI=1S/C9H15NO2S2/c1-6(11)8(7(2)12)5-14-9(13)10(3)4/h11H,5H2,1-4H3. The van der Waals surface area contributed by atoms with E-state index in [1.54, 1.807) is 4.90 Å². The molecule has 0 aliphatic rings. The largest absolute Gasteiger partial charge is 0.512 e. The summed E-state index contributed by atoms with van der Waals surface area (Å²) in [5, 5.41) is 9.22. The first-order valence-electron chi connectivity index (χ1n) is 4.10. The summed E-state index contributed by atoms with van der Waals surface area (Å²) in [5.74, 6) is 0.389. The van der Waals surface area contributed by atoms with Gasteiger partial charge in [-0.3, -0.25) is 4.79 Å². The van der Waals surface area contributed by atoms with Crippen molar-refractivity contribution in [2.45, 2.75) is 13.8 Å². The lowest BCUT2D eigenvalue weighted by molar-refractivity contribution is -0.113.